The molecular formula is C18H32Cl2N4O2. The molecule has 0 atom stereocenters. The fourth-order valence-electron chi connectivity index (χ4n) is 2.56. The van der Waals surface area contributed by atoms with Gasteiger partial charge in [-0.3, -0.25) is 0 Å². The maximum absolute atomic E-state index is 5.69. The highest BCUT2D eigenvalue weighted by Gasteiger charge is 2.03. The predicted molar refractivity (Wildman–Crippen MR) is 91.0 cm³/mol. The summed E-state index contributed by atoms with van der Waals surface area (Å²) in [7, 11) is 0. The van der Waals surface area contributed by atoms with Crippen molar-refractivity contribution in [2.75, 3.05) is 13.2 Å². The van der Waals surface area contributed by atoms with Crippen molar-refractivity contribution in [2.45, 2.75) is 66.1 Å². The number of ether oxygens (including phenoxy) is 2. The molecule has 0 radical (unpaired) electrons. The molecule has 0 amide bonds. The fourth-order valence-corrected chi connectivity index (χ4v) is 2.56. The van der Waals surface area contributed by atoms with Gasteiger partial charge in [-0.2, -0.15) is 0 Å². The Labute approximate surface area is 169 Å². The van der Waals surface area contributed by atoms with Crippen LogP contribution in [0.3, 0.4) is 0 Å². The van der Waals surface area contributed by atoms with Gasteiger partial charge in [-0.05, 0) is 25.7 Å². The molecule has 26 heavy (non-hydrogen) atoms. The van der Waals surface area contributed by atoms with Crippen LogP contribution >= 0.6 is 0 Å². The molecule has 0 aromatic carbocycles. The summed E-state index contributed by atoms with van der Waals surface area (Å²) in [6, 6.07) is 0. The van der Waals surface area contributed by atoms with E-state index in [1.807, 2.05) is 0 Å². The van der Waals surface area contributed by atoms with E-state index in [4.69, 9.17) is 9.47 Å². The minimum absolute atomic E-state index is 0. The first kappa shape index (κ1) is 24.9. The maximum Gasteiger partial charge on any atom is 0.245 e. The van der Waals surface area contributed by atoms with Crippen molar-refractivity contribution in [2.24, 2.45) is 0 Å². The Bertz CT molecular complexity index is 525. The first-order valence-corrected chi connectivity index (χ1v) is 9.07. The largest absolute Gasteiger partial charge is 1.00 e. The van der Waals surface area contributed by atoms with Gasteiger partial charge in [0.2, 0.25) is 12.7 Å². The normalized spacial score (nSPS) is 10.4. The average Bonchev–Trinajstić information content (AvgIpc) is 3.20. The summed E-state index contributed by atoms with van der Waals surface area (Å²) in [6.45, 7) is 9.28. The molecule has 0 spiro atoms. The molecule has 150 valence electrons. The van der Waals surface area contributed by atoms with Gasteiger partial charge in [0.1, 0.15) is 24.8 Å². The lowest BCUT2D eigenvalue weighted by Gasteiger charge is -2.03. The number of aromatic nitrogens is 4. The topological polar surface area (TPSA) is 36.1 Å². The highest BCUT2D eigenvalue weighted by atomic mass is 35.5. The summed E-state index contributed by atoms with van der Waals surface area (Å²) in [5.41, 5.74) is 0. The number of aryl methyl sites for hydroxylation is 2. The van der Waals surface area contributed by atoms with Gasteiger partial charge >= 0.3 is 0 Å². The summed E-state index contributed by atoms with van der Waals surface area (Å²) >= 11 is 0. The Kier molecular flexibility index (Phi) is 14.4. The monoisotopic (exact) mass is 406 g/mol. The summed E-state index contributed by atoms with van der Waals surface area (Å²) in [5, 5.41) is 0. The van der Waals surface area contributed by atoms with Gasteiger partial charge in [0.25, 0.3) is 0 Å². The van der Waals surface area contributed by atoms with Gasteiger partial charge in [-0.25, -0.2) is 18.3 Å². The molecule has 8 heteroatoms. The van der Waals surface area contributed by atoms with E-state index in [9.17, 15) is 0 Å². The second-order valence-corrected chi connectivity index (χ2v) is 6.11. The molecule has 0 aliphatic rings. The van der Waals surface area contributed by atoms with Crippen LogP contribution in [0.4, 0.5) is 0 Å². The van der Waals surface area contributed by atoms with Crippen LogP contribution in [-0.2, 0) is 36.0 Å². The number of hydrogen-bond acceptors (Lipinski definition) is 2. The predicted octanol–water partition coefficient (Wildman–Crippen LogP) is -3.88. The van der Waals surface area contributed by atoms with Gasteiger partial charge in [-0.15, -0.1) is 0 Å². The Hall–Kier alpha value is -1.08. The molecule has 2 heterocycles. The highest BCUT2D eigenvalue weighted by Crippen LogP contribution is 1.93. The first-order valence-electron chi connectivity index (χ1n) is 9.07. The van der Waals surface area contributed by atoms with Gasteiger partial charge < -0.3 is 34.3 Å². The summed E-state index contributed by atoms with van der Waals surface area (Å²) in [4.78, 5) is 0. The zero-order chi connectivity index (χ0) is 17.0. The van der Waals surface area contributed by atoms with E-state index in [2.05, 4.69) is 69.6 Å². The molecule has 0 saturated heterocycles. The van der Waals surface area contributed by atoms with Gasteiger partial charge in [0.15, 0.2) is 13.5 Å². The minimum Gasteiger partial charge on any atom is -1.00 e. The molecular weight excluding hydrogens is 375 g/mol. The molecule has 2 rings (SSSR count). The summed E-state index contributed by atoms with van der Waals surface area (Å²) < 4.78 is 19.9. The molecule has 6 nitrogen and oxygen atoms in total. The van der Waals surface area contributed by atoms with E-state index in [1.54, 1.807) is 0 Å². The van der Waals surface area contributed by atoms with E-state index in [1.165, 1.54) is 0 Å². The molecule has 0 saturated carbocycles. The number of halogens is 2. The molecule has 0 aliphatic heterocycles. The number of rotatable bonds is 13. The number of unbranched alkanes of at least 4 members (excludes halogenated alkanes) is 1. The van der Waals surface area contributed by atoms with Crippen LogP contribution in [0.1, 0.15) is 39.5 Å². The molecule has 0 unspecified atom stereocenters. The van der Waals surface area contributed by atoms with Gasteiger partial charge in [0.05, 0.1) is 26.3 Å². The van der Waals surface area contributed by atoms with Gasteiger partial charge in [-0.1, -0.05) is 13.8 Å². The molecule has 2 aromatic heterocycles. The van der Waals surface area contributed by atoms with E-state index >= 15 is 0 Å². The molecule has 2 aromatic rings. The van der Waals surface area contributed by atoms with Crippen LogP contribution in [-0.4, -0.2) is 22.3 Å². The van der Waals surface area contributed by atoms with Crippen LogP contribution in [0, 0.1) is 0 Å². The van der Waals surface area contributed by atoms with Crippen molar-refractivity contribution in [3.8, 4) is 0 Å². The van der Waals surface area contributed by atoms with Crippen LogP contribution in [0.2, 0.25) is 0 Å². The number of hydrogen-bond donors (Lipinski definition) is 0. The fraction of sp³-hybridized carbons (Fsp3) is 0.667. The second-order valence-electron chi connectivity index (χ2n) is 6.11. The van der Waals surface area contributed by atoms with Crippen LogP contribution in [0.25, 0.3) is 0 Å². The van der Waals surface area contributed by atoms with Crippen LogP contribution in [0.15, 0.2) is 37.4 Å². The van der Waals surface area contributed by atoms with E-state index in [0.717, 1.165) is 52.0 Å². The molecule has 0 bridgehead atoms. The molecule has 0 N–H and O–H groups in total. The van der Waals surface area contributed by atoms with E-state index < -0.39 is 0 Å². The Morgan fingerprint density at radius 3 is 1.54 bits per heavy atom. The molecule has 0 aliphatic carbocycles. The minimum atomic E-state index is 0. The lowest BCUT2D eigenvalue weighted by Crippen LogP contribution is -3.00. The third kappa shape index (κ3) is 9.57. The Balaban J connectivity index is 0.00000312. The van der Waals surface area contributed by atoms with E-state index in [0.29, 0.717) is 13.5 Å². The van der Waals surface area contributed by atoms with E-state index in [-0.39, 0.29) is 24.8 Å². The van der Waals surface area contributed by atoms with Crippen LogP contribution in [0.5, 0.6) is 0 Å². The van der Waals surface area contributed by atoms with Crippen molar-refractivity contribution in [3.63, 3.8) is 0 Å². The van der Waals surface area contributed by atoms with Crippen LogP contribution < -0.4 is 33.9 Å². The molecule has 0 fully saturated rings. The SMILES string of the molecule is CCCn1cc[n+](COCCCCOC[n+]2ccn(CCC)c2)c1.[Cl-].[Cl-]. The third-order valence-electron chi connectivity index (χ3n) is 3.76. The second kappa shape index (κ2) is 15.0. The zero-order valence-corrected chi connectivity index (χ0v) is 17.4. The highest BCUT2D eigenvalue weighted by molar-refractivity contribution is 4.65. The smallest absolute Gasteiger partial charge is 0.245 e. The number of nitrogens with zero attached hydrogens (tertiary/aromatic N) is 4. The summed E-state index contributed by atoms with van der Waals surface area (Å²) in [5.74, 6) is 0. The number of imidazole rings is 2. The lowest BCUT2D eigenvalue weighted by atomic mass is 10.3. The van der Waals surface area contributed by atoms with Crippen molar-refractivity contribution in [3.05, 3.63) is 37.4 Å². The first-order chi connectivity index (χ1) is 11.8. The summed E-state index contributed by atoms with van der Waals surface area (Å²) in [6.07, 6.45) is 16.8. The quantitative estimate of drug-likeness (QED) is 0.252. The van der Waals surface area contributed by atoms with Crippen molar-refractivity contribution >= 4 is 0 Å². The van der Waals surface area contributed by atoms with Crippen molar-refractivity contribution in [1.82, 2.24) is 9.13 Å². The third-order valence-corrected chi connectivity index (χ3v) is 3.76. The zero-order valence-electron chi connectivity index (χ0n) is 15.9. The Morgan fingerprint density at radius 2 is 1.15 bits per heavy atom. The van der Waals surface area contributed by atoms with Crippen molar-refractivity contribution < 1.29 is 43.4 Å². The standard InChI is InChI=1S/C18H32N4O2.2ClH/c1-3-7-19-9-11-21(15-19)17-23-13-5-6-14-24-18-22-12-10-20(16-22)8-4-2;;/h9-12,15-16H,3-8,13-14,17-18H2,1-2H3;2*1H/q+2;;/p-2. The van der Waals surface area contributed by atoms with Gasteiger partial charge in [0, 0.05) is 0 Å². The van der Waals surface area contributed by atoms with Crippen molar-refractivity contribution in [1.29, 1.82) is 0 Å². The maximum atomic E-state index is 5.69. The Morgan fingerprint density at radius 1 is 0.731 bits per heavy atom. The average molecular weight is 407 g/mol. The lowest BCUT2D eigenvalue weighted by molar-refractivity contribution is -0.733.